The van der Waals surface area contributed by atoms with Crippen LogP contribution in [0.5, 0.6) is 0 Å². The number of sulfonamides is 1. The maximum Gasteiger partial charge on any atom is 0.228 e. The molecule has 0 aromatic carbocycles. The number of nitrogen functional groups attached to an aromatic ring is 1. The molecule has 0 amide bonds. The van der Waals surface area contributed by atoms with Crippen molar-refractivity contribution in [3.8, 4) is 11.3 Å². The molecular weight excluding hydrogens is 456 g/mol. The number of ether oxygens (including phenoxy) is 1. The first-order chi connectivity index (χ1) is 16.4. The third kappa shape index (κ3) is 3.97. The highest BCUT2D eigenvalue weighted by atomic mass is 32.2. The lowest BCUT2D eigenvalue weighted by Crippen LogP contribution is -2.61. The average molecular weight is 487 g/mol. The van der Waals surface area contributed by atoms with Crippen LogP contribution in [0.3, 0.4) is 0 Å². The van der Waals surface area contributed by atoms with Crippen LogP contribution in [0.2, 0.25) is 0 Å². The Morgan fingerprint density at radius 3 is 2.59 bits per heavy atom. The number of rotatable bonds is 6. The van der Waals surface area contributed by atoms with E-state index in [9.17, 15) is 8.42 Å². The zero-order valence-electron chi connectivity index (χ0n) is 19.3. The Morgan fingerprint density at radius 1 is 1.12 bits per heavy atom. The van der Waals surface area contributed by atoms with Crippen LogP contribution in [-0.4, -0.2) is 89.9 Å². The van der Waals surface area contributed by atoms with Gasteiger partial charge >= 0.3 is 0 Å². The fraction of sp³-hybridized carbons (Fsp3) is 0.636. The number of nitrogens with two attached hydrogens (primary N) is 1. The summed E-state index contributed by atoms with van der Waals surface area (Å²) < 4.78 is 32.6. The largest absolute Gasteiger partial charge is 0.377 e. The first-order valence-corrected chi connectivity index (χ1v) is 13.6. The molecular formula is C22H30N8O3S. The molecule has 1 aliphatic carbocycles. The van der Waals surface area contributed by atoms with Gasteiger partial charge in [0.1, 0.15) is 5.82 Å². The van der Waals surface area contributed by atoms with E-state index in [0.29, 0.717) is 50.5 Å². The summed E-state index contributed by atoms with van der Waals surface area (Å²) in [6.45, 7) is 5.90. The standard InChI is InChI=1S/C22H30N8O3S/c1-14-12-33-7-6-29(14)22-26-19(16-8-24-21(23)25-9-16)18-4-5-30(20(18)27-22)17-10-28(11-17)34(31,32)13-15-2-3-15/h8-9,14-15,17H,2-7,10-13H2,1H3,(H2,23,24,25)/t14-/m0/s1. The summed E-state index contributed by atoms with van der Waals surface area (Å²) in [5, 5.41) is 0. The van der Waals surface area contributed by atoms with Gasteiger partial charge in [-0.15, -0.1) is 0 Å². The van der Waals surface area contributed by atoms with Crippen molar-refractivity contribution in [3.63, 3.8) is 0 Å². The molecule has 12 heteroatoms. The molecule has 5 heterocycles. The number of fused-ring (bicyclic) bond motifs is 1. The van der Waals surface area contributed by atoms with Crippen LogP contribution in [0.25, 0.3) is 11.3 Å². The zero-order valence-corrected chi connectivity index (χ0v) is 20.1. The van der Waals surface area contributed by atoms with E-state index in [1.165, 1.54) is 0 Å². The fourth-order valence-corrected chi connectivity index (χ4v) is 6.94. The molecule has 2 saturated heterocycles. The van der Waals surface area contributed by atoms with Crippen LogP contribution in [0.1, 0.15) is 25.3 Å². The second-order valence-electron chi connectivity index (χ2n) is 9.76. The molecule has 0 unspecified atom stereocenters. The van der Waals surface area contributed by atoms with Gasteiger partial charge in [0.05, 0.1) is 36.7 Å². The van der Waals surface area contributed by atoms with Crippen molar-refractivity contribution in [1.82, 2.24) is 24.2 Å². The summed E-state index contributed by atoms with van der Waals surface area (Å²) in [5.41, 5.74) is 8.39. The maximum absolute atomic E-state index is 12.7. The lowest BCUT2D eigenvalue weighted by atomic mass is 10.1. The predicted molar refractivity (Wildman–Crippen MR) is 128 cm³/mol. The van der Waals surface area contributed by atoms with E-state index < -0.39 is 10.0 Å². The summed E-state index contributed by atoms with van der Waals surface area (Å²) in [4.78, 5) is 22.7. The second kappa shape index (κ2) is 8.28. The summed E-state index contributed by atoms with van der Waals surface area (Å²) >= 11 is 0. The van der Waals surface area contributed by atoms with E-state index in [1.54, 1.807) is 16.7 Å². The molecule has 3 fully saturated rings. The number of morpholine rings is 1. The first kappa shape index (κ1) is 21.9. The van der Waals surface area contributed by atoms with Gasteiger partial charge in [0.25, 0.3) is 0 Å². The van der Waals surface area contributed by atoms with Gasteiger partial charge in [-0.1, -0.05) is 0 Å². The van der Waals surface area contributed by atoms with Crippen molar-refractivity contribution in [2.45, 2.75) is 38.3 Å². The van der Waals surface area contributed by atoms with Crippen LogP contribution in [0, 0.1) is 5.92 Å². The van der Waals surface area contributed by atoms with E-state index in [-0.39, 0.29) is 18.0 Å². The molecule has 2 aromatic heterocycles. The van der Waals surface area contributed by atoms with Crippen molar-refractivity contribution >= 4 is 27.7 Å². The molecule has 1 saturated carbocycles. The molecule has 3 aliphatic heterocycles. The summed E-state index contributed by atoms with van der Waals surface area (Å²) in [7, 11) is -3.16. The highest BCUT2D eigenvalue weighted by Crippen LogP contribution is 2.39. The lowest BCUT2D eigenvalue weighted by molar-refractivity contribution is 0.0981. The number of aromatic nitrogens is 4. The Balaban J connectivity index is 1.32. The van der Waals surface area contributed by atoms with Gasteiger partial charge in [0.2, 0.25) is 21.9 Å². The van der Waals surface area contributed by atoms with Crippen molar-refractivity contribution < 1.29 is 13.2 Å². The molecule has 11 nitrogen and oxygen atoms in total. The van der Waals surface area contributed by atoms with Crippen LogP contribution < -0.4 is 15.5 Å². The predicted octanol–water partition coefficient (Wildman–Crippen LogP) is 0.527. The third-order valence-electron chi connectivity index (χ3n) is 7.22. The van der Waals surface area contributed by atoms with E-state index >= 15 is 0 Å². The first-order valence-electron chi connectivity index (χ1n) is 12.0. The maximum atomic E-state index is 12.7. The van der Waals surface area contributed by atoms with Crippen molar-refractivity contribution in [3.05, 3.63) is 18.0 Å². The molecule has 0 radical (unpaired) electrons. The molecule has 2 N–H and O–H groups in total. The number of hydrogen-bond donors (Lipinski definition) is 1. The van der Waals surface area contributed by atoms with Crippen LogP contribution in [0.4, 0.5) is 17.7 Å². The van der Waals surface area contributed by atoms with Crippen LogP contribution >= 0.6 is 0 Å². The topological polar surface area (TPSA) is 131 Å². The highest BCUT2D eigenvalue weighted by Gasteiger charge is 2.44. The van der Waals surface area contributed by atoms with Crippen LogP contribution in [-0.2, 0) is 21.2 Å². The Morgan fingerprint density at radius 2 is 1.88 bits per heavy atom. The molecule has 4 aliphatic rings. The Bertz CT molecular complexity index is 1180. The quantitative estimate of drug-likeness (QED) is 0.617. The van der Waals surface area contributed by atoms with Gasteiger partial charge in [-0.3, -0.25) is 0 Å². The Hall–Kier alpha value is -2.57. The van der Waals surface area contributed by atoms with Gasteiger partial charge in [-0.05, 0) is 32.1 Å². The van der Waals surface area contributed by atoms with Crippen molar-refractivity contribution in [1.29, 1.82) is 0 Å². The normalized spacial score (nSPS) is 23.7. The summed E-state index contributed by atoms with van der Waals surface area (Å²) in [6.07, 6.45) is 6.27. The van der Waals surface area contributed by atoms with Crippen LogP contribution in [0.15, 0.2) is 12.4 Å². The van der Waals surface area contributed by atoms with Crippen molar-refractivity contribution in [2.24, 2.45) is 5.92 Å². The lowest BCUT2D eigenvalue weighted by Gasteiger charge is -2.44. The van der Waals surface area contributed by atoms with E-state index in [2.05, 4.69) is 26.7 Å². The number of anilines is 3. The zero-order chi connectivity index (χ0) is 23.4. The van der Waals surface area contributed by atoms with E-state index in [1.807, 2.05) is 0 Å². The second-order valence-corrected chi connectivity index (χ2v) is 11.8. The van der Waals surface area contributed by atoms with E-state index in [4.69, 9.17) is 20.4 Å². The van der Waals surface area contributed by atoms with Gasteiger partial charge in [-0.2, -0.15) is 9.29 Å². The van der Waals surface area contributed by atoms with Gasteiger partial charge in [0, 0.05) is 49.7 Å². The highest BCUT2D eigenvalue weighted by molar-refractivity contribution is 7.89. The molecule has 34 heavy (non-hydrogen) atoms. The number of nitrogens with zero attached hydrogens (tertiary/aromatic N) is 7. The van der Waals surface area contributed by atoms with Gasteiger partial charge in [-0.25, -0.2) is 23.4 Å². The summed E-state index contributed by atoms with van der Waals surface area (Å²) in [5.74, 6) is 2.41. The van der Waals surface area contributed by atoms with Gasteiger partial charge < -0.3 is 20.3 Å². The molecule has 1 atom stereocenters. The molecule has 0 spiro atoms. The summed E-state index contributed by atoms with van der Waals surface area (Å²) in [6, 6.07) is 0.277. The SMILES string of the molecule is C[C@H]1COCCN1c1nc(-c2cnc(N)nc2)c2c(n1)N(C1CN(S(=O)(=O)CC3CC3)C1)CC2. The monoisotopic (exact) mass is 486 g/mol. The number of hydrogen-bond acceptors (Lipinski definition) is 10. The minimum absolute atomic E-state index is 0.121. The molecule has 0 bridgehead atoms. The van der Waals surface area contributed by atoms with E-state index in [0.717, 1.165) is 48.4 Å². The smallest absolute Gasteiger partial charge is 0.228 e. The minimum atomic E-state index is -3.16. The average Bonchev–Trinajstić information content (AvgIpc) is 3.49. The third-order valence-corrected chi connectivity index (χ3v) is 9.20. The minimum Gasteiger partial charge on any atom is -0.377 e. The van der Waals surface area contributed by atoms with Gasteiger partial charge in [0.15, 0.2) is 0 Å². The Kier molecular flexibility index (Phi) is 5.34. The fourth-order valence-electron chi connectivity index (χ4n) is 5.00. The molecule has 2 aromatic rings. The molecule has 6 rings (SSSR count). The van der Waals surface area contributed by atoms with Crippen molar-refractivity contribution in [2.75, 3.05) is 60.7 Å². The Labute approximate surface area is 199 Å². The molecule has 182 valence electrons.